The lowest BCUT2D eigenvalue weighted by molar-refractivity contribution is -0.385. The van der Waals surface area contributed by atoms with Crippen LogP contribution in [0.25, 0.3) is 0 Å². The topological polar surface area (TPSA) is 69.2 Å². The largest absolute Gasteiger partial charge is 0.399 e. The molecule has 0 aromatic heterocycles. The number of nitro groups is 1. The van der Waals surface area contributed by atoms with Crippen LogP contribution in [-0.4, -0.2) is 4.92 Å². The molecule has 104 valence electrons. The Balaban J connectivity index is 2.22. The number of rotatable bonds is 4. The molecule has 0 aliphatic heterocycles. The lowest BCUT2D eigenvalue weighted by atomic mass is 10.2. The van der Waals surface area contributed by atoms with Gasteiger partial charge in [0.25, 0.3) is 5.69 Å². The van der Waals surface area contributed by atoms with E-state index >= 15 is 0 Å². The Bertz CT molecular complexity index is 665. The molecule has 0 aliphatic rings. The van der Waals surface area contributed by atoms with Crippen molar-refractivity contribution < 1.29 is 13.7 Å². The van der Waals surface area contributed by atoms with E-state index in [1.807, 2.05) is 0 Å². The van der Waals surface area contributed by atoms with Crippen molar-refractivity contribution >= 4 is 23.1 Å². The molecular weight excluding hydrogens is 286 g/mol. The van der Waals surface area contributed by atoms with Gasteiger partial charge in [-0.1, -0.05) is 0 Å². The third-order valence-electron chi connectivity index (χ3n) is 2.58. The third-order valence-corrected chi connectivity index (χ3v) is 3.67. The van der Waals surface area contributed by atoms with Crippen molar-refractivity contribution in [1.29, 1.82) is 0 Å². The van der Waals surface area contributed by atoms with Crippen molar-refractivity contribution in [2.75, 3.05) is 5.73 Å². The van der Waals surface area contributed by atoms with Gasteiger partial charge in [-0.05, 0) is 30.3 Å². The number of anilines is 1. The minimum absolute atomic E-state index is 0.0922. The number of hydrogen-bond acceptors (Lipinski definition) is 4. The highest BCUT2D eigenvalue weighted by Crippen LogP contribution is 2.30. The highest BCUT2D eigenvalue weighted by molar-refractivity contribution is 7.98. The summed E-state index contributed by atoms with van der Waals surface area (Å²) in [5.41, 5.74) is 5.74. The fourth-order valence-electron chi connectivity index (χ4n) is 1.64. The second-order valence-electron chi connectivity index (χ2n) is 4.01. The summed E-state index contributed by atoms with van der Waals surface area (Å²) in [5, 5.41) is 10.8. The summed E-state index contributed by atoms with van der Waals surface area (Å²) >= 11 is 1.05. The van der Waals surface area contributed by atoms with E-state index in [1.165, 1.54) is 18.2 Å². The van der Waals surface area contributed by atoms with Gasteiger partial charge in [0.2, 0.25) is 0 Å². The lowest BCUT2D eigenvalue weighted by Crippen LogP contribution is -1.95. The highest BCUT2D eigenvalue weighted by atomic mass is 32.2. The summed E-state index contributed by atoms with van der Waals surface area (Å²) < 4.78 is 26.7. The second-order valence-corrected chi connectivity index (χ2v) is 5.03. The summed E-state index contributed by atoms with van der Waals surface area (Å²) in [6.07, 6.45) is 0. The van der Waals surface area contributed by atoms with E-state index in [9.17, 15) is 18.9 Å². The molecule has 0 spiro atoms. The van der Waals surface area contributed by atoms with Gasteiger partial charge in [-0.2, -0.15) is 0 Å². The molecule has 0 aliphatic carbocycles. The molecule has 0 bridgehead atoms. The standard InChI is InChI=1S/C13H10F2N2O2S/c14-9-1-3-12(17(18)19)8(5-9)7-20-13-4-2-10(16)6-11(13)15/h1-6H,7,16H2. The number of nitrogens with zero attached hydrogens (tertiary/aromatic N) is 1. The van der Waals surface area contributed by atoms with Crippen LogP contribution in [0.2, 0.25) is 0 Å². The normalized spacial score (nSPS) is 10.5. The van der Waals surface area contributed by atoms with Crippen molar-refractivity contribution in [3.63, 3.8) is 0 Å². The van der Waals surface area contributed by atoms with E-state index in [2.05, 4.69) is 0 Å². The Kier molecular flexibility index (Phi) is 4.19. The predicted octanol–water partition coefficient (Wildman–Crippen LogP) is 3.75. The van der Waals surface area contributed by atoms with Gasteiger partial charge >= 0.3 is 0 Å². The first-order valence-corrected chi connectivity index (χ1v) is 6.56. The molecule has 0 heterocycles. The fourth-order valence-corrected chi connectivity index (χ4v) is 2.54. The first-order chi connectivity index (χ1) is 9.47. The number of halogens is 2. The first kappa shape index (κ1) is 14.3. The molecule has 2 N–H and O–H groups in total. The Labute approximate surface area is 117 Å². The minimum atomic E-state index is -0.589. The SMILES string of the molecule is Nc1ccc(SCc2cc(F)ccc2[N+](=O)[O-])c(F)c1. The molecule has 2 aromatic rings. The maximum atomic E-state index is 13.6. The molecule has 0 fully saturated rings. The van der Waals surface area contributed by atoms with Crippen molar-refractivity contribution in [3.05, 3.63) is 63.7 Å². The molecule has 0 saturated carbocycles. The molecule has 0 saturated heterocycles. The smallest absolute Gasteiger partial charge is 0.273 e. The van der Waals surface area contributed by atoms with Crippen LogP contribution in [0.1, 0.15) is 5.56 Å². The molecular formula is C13H10F2N2O2S. The zero-order chi connectivity index (χ0) is 14.7. The molecule has 4 nitrogen and oxygen atoms in total. The molecule has 20 heavy (non-hydrogen) atoms. The van der Waals surface area contributed by atoms with Gasteiger partial charge in [0.05, 0.1) is 4.92 Å². The van der Waals surface area contributed by atoms with Crippen LogP contribution >= 0.6 is 11.8 Å². The van der Waals surface area contributed by atoms with Crippen LogP contribution in [0.3, 0.4) is 0 Å². The maximum absolute atomic E-state index is 13.6. The van der Waals surface area contributed by atoms with Crippen LogP contribution < -0.4 is 5.73 Å². The second kappa shape index (κ2) is 5.87. The minimum Gasteiger partial charge on any atom is -0.399 e. The summed E-state index contributed by atoms with van der Waals surface area (Å²) in [7, 11) is 0. The van der Waals surface area contributed by atoms with Crippen LogP contribution in [0.4, 0.5) is 20.2 Å². The zero-order valence-corrected chi connectivity index (χ0v) is 11.0. The average Bonchev–Trinajstić information content (AvgIpc) is 2.37. The molecule has 0 unspecified atom stereocenters. The van der Waals surface area contributed by atoms with Gasteiger partial charge in [-0.3, -0.25) is 10.1 Å². The van der Waals surface area contributed by atoms with Crippen molar-refractivity contribution in [3.8, 4) is 0 Å². The lowest BCUT2D eigenvalue weighted by Gasteiger charge is -2.05. The van der Waals surface area contributed by atoms with Crippen LogP contribution in [0, 0.1) is 21.7 Å². The molecule has 2 aromatic carbocycles. The first-order valence-electron chi connectivity index (χ1n) is 5.58. The predicted molar refractivity (Wildman–Crippen MR) is 73.4 cm³/mol. The Morgan fingerprint density at radius 3 is 2.60 bits per heavy atom. The van der Waals surface area contributed by atoms with Gasteiger partial charge in [0.15, 0.2) is 0 Å². The molecule has 0 radical (unpaired) electrons. The van der Waals surface area contributed by atoms with E-state index < -0.39 is 16.6 Å². The number of nitro benzene ring substituents is 1. The molecule has 0 amide bonds. The summed E-state index contributed by atoms with van der Waals surface area (Å²) in [6.45, 7) is 0. The highest BCUT2D eigenvalue weighted by Gasteiger charge is 2.15. The summed E-state index contributed by atoms with van der Waals surface area (Å²) in [4.78, 5) is 10.6. The van der Waals surface area contributed by atoms with Gasteiger partial charge < -0.3 is 5.73 Å². The zero-order valence-electron chi connectivity index (χ0n) is 10.2. The van der Waals surface area contributed by atoms with E-state index in [-0.39, 0.29) is 17.0 Å². The number of thioether (sulfide) groups is 1. The van der Waals surface area contributed by atoms with Gasteiger partial charge in [-0.25, -0.2) is 8.78 Å². The van der Waals surface area contributed by atoms with E-state index in [1.54, 1.807) is 0 Å². The Morgan fingerprint density at radius 1 is 1.20 bits per heavy atom. The van der Waals surface area contributed by atoms with Crippen molar-refractivity contribution in [2.45, 2.75) is 10.6 Å². The third kappa shape index (κ3) is 3.24. The van der Waals surface area contributed by atoms with Gasteiger partial charge in [-0.15, -0.1) is 11.8 Å². The van der Waals surface area contributed by atoms with Crippen LogP contribution in [-0.2, 0) is 5.75 Å². The Morgan fingerprint density at radius 2 is 1.95 bits per heavy atom. The van der Waals surface area contributed by atoms with Crippen LogP contribution in [0.5, 0.6) is 0 Å². The maximum Gasteiger partial charge on any atom is 0.273 e. The van der Waals surface area contributed by atoms with Crippen LogP contribution in [0.15, 0.2) is 41.3 Å². The quantitative estimate of drug-likeness (QED) is 0.404. The van der Waals surface area contributed by atoms with E-state index in [0.717, 1.165) is 30.0 Å². The van der Waals surface area contributed by atoms with E-state index in [0.29, 0.717) is 10.6 Å². The number of hydrogen-bond donors (Lipinski definition) is 1. The summed E-state index contributed by atoms with van der Waals surface area (Å²) in [5.74, 6) is -0.979. The van der Waals surface area contributed by atoms with Crippen molar-refractivity contribution in [1.82, 2.24) is 0 Å². The Hall–Kier alpha value is -2.15. The number of nitrogen functional groups attached to an aromatic ring is 1. The monoisotopic (exact) mass is 296 g/mol. The fraction of sp³-hybridized carbons (Fsp3) is 0.0769. The molecule has 0 atom stereocenters. The molecule has 2 rings (SSSR count). The number of benzene rings is 2. The van der Waals surface area contributed by atoms with Gasteiger partial charge in [0, 0.05) is 28.0 Å². The average molecular weight is 296 g/mol. The van der Waals surface area contributed by atoms with E-state index in [4.69, 9.17) is 5.73 Å². The van der Waals surface area contributed by atoms with Gasteiger partial charge in [0.1, 0.15) is 11.6 Å². The molecule has 7 heteroatoms. The van der Waals surface area contributed by atoms with Crippen molar-refractivity contribution in [2.24, 2.45) is 0 Å². The number of nitrogens with two attached hydrogens (primary N) is 1. The summed E-state index contributed by atoms with van der Waals surface area (Å²) in [6, 6.07) is 7.40.